The minimum atomic E-state index is -0.0436. The summed E-state index contributed by atoms with van der Waals surface area (Å²) in [6.45, 7) is 2.70. The fourth-order valence-corrected chi connectivity index (χ4v) is 2.39. The summed E-state index contributed by atoms with van der Waals surface area (Å²) in [7, 11) is 0. The Labute approximate surface area is 130 Å². The second kappa shape index (κ2) is 6.39. The van der Waals surface area contributed by atoms with Gasteiger partial charge >= 0.3 is 0 Å². The van der Waals surface area contributed by atoms with Gasteiger partial charge in [0.15, 0.2) is 0 Å². The Morgan fingerprint density at radius 3 is 2.73 bits per heavy atom. The highest BCUT2D eigenvalue weighted by atomic mass is 16.1. The quantitative estimate of drug-likeness (QED) is 0.799. The number of hydrogen-bond acceptors (Lipinski definition) is 2. The number of hydrogen-bond donors (Lipinski definition) is 1. The first-order chi connectivity index (χ1) is 10.7. The van der Waals surface area contributed by atoms with Gasteiger partial charge in [0.05, 0.1) is 5.52 Å². The van der Waals surface area contributed by atoms with Crippen LogP contribution in [0.4, 0.5) is 0 Å². The van der Waals surface area contributed by atoms with Gasteiger partial charge in [0.2, 0.25) is 0 Å². The number of aryl methyl sites for hydroxylation is 1. The van der Waals surface area contributed by atoms with Gasteiger partial charge in [0.25, 0.3) is 5.91 Å². The number of aromatic nitrogens is 1. The van der Waals surface area contributed by atoms with Gasteiger partial charge in [-0.15, -0.1) is 0 Å². The fourth-order valence-electron chi connectivity index (χ4n) is 2.39. The van der Waals surface area contributed by atoms with E-state index >= 15 is 0 Å². The van der Waals surface area contributed by atoms with Gasteiger partial charge in [-0.1, -0.05) is 35.9 Å². The lowest BCUT2D eigenvalue weighted by Gasteiger charge is -2.06. The smallest absolute Gasteiger partial charge is 0.251 e. The summed E-state index contributed by atoms with van der Waals surface area (Å²) in [5.41, 5.74) is 4.05. The molecule has 3 nitrogen and oxygen atoms in total. The molecule has 0 atom stereocenters. The molecule has 3 aromatic rings. The predicted octanol–water partition coefficient (Wildman–Crippen LogP) is 3.52. The number of rotatable bonds is 4. The number of carbonyl (C=O) groups is 1. The lowest BCUT2D eigenvalue weighted by atomic mass is 10.1. The molecule has 3 rings (SSSR count). The normalized spacial score (nSPS) is 10.6. The van der Waals surface area contributed by atoms with Gasteiger partial charge in [-0.3, -0.25) is 9.78 Å². The number of fused-ring (bicyclic) bond motifs is 1. The zero-order valence-corrected chi connectivity index (χ0v) is 12.5. The molecule has 0 aliphatic heterocycles. The predicted molar refractivity (Wildman–Crippen MR) is 89.0 cm³/mol. The van der Waals surface area contributed by atoms with Crippen molar-refractivity contribution in [1.82, 2.24) is 10.3 Å². The standard InChI is InChI=1S/C19H18N2O/c1-14-4-6-15(7-5-14)10-12-21-19(22)17-8-9-18-16(13-17)3-2-11-20-18/h2-9,11,13H,10,12H2,1H3,(H,21,22). The number of nitrogens with zero attached hydrogens (tertiary/aromatic N) is 1. The van der Waals surface area contributed by atoms with E-state index in [2.05, 4.69) is 41.5 Å². The average Bonchev–Trinajstić information content (AvgIpc) is 2.56. The largest absolute Gasteiger partial charge is 0.352 e. The van der Waals surface area contributed by atoms with Crippen LogP contribution in [0, 0.1) is 6.92 Å². The minimum absolute atomic E-state index is 0.0436. The maximum Gasteiger partial charge on any atom is 0.251 e. The van der Waals surface area contributed by atoms with Crippen molar-refractivity contribution in [3.63, 3.8) is 0 Å². The SMILES string of the molecule is Cc1ccc(CCNC(=O)c2ccc3ncccc3c2)cc1. The highest BCUT2D eigenvalue weighted by molar-refractivity contribution is 5.97. The molecule has 1 N–H and O–H groups in total. The van der Waals surface area contributed by atoms with Crippen molar-refractivity contribution in [2.75, 3.05) is 6.54 Å². The summed E-state index contributed by atoms with van der Waals surface area (Å²) in [6, 6.07) is 17.8. The van der Waals surface area contributed by atoms with E-state index in [1.807, 2.05) is 30.3 Å². The van der Waals surface area contributed by atoms with Crippen LogP contribution in [0.15, 0.2) is 60.8 Å². The Kier molecular flexibility index (Phi) is 4.15. The van der Waals surface area contributed by atoms with Crippen molar-refractivity contribution >= 4 is 16.8 Å². The first-order valence-corrected chi connectivity index (χ1v) is 7.41. The maximum atomic E-state index is 12.2. The lowest BCUT2D eigenvalue weighted by molar-refractivity contribution is 0.0954. The first-order valence-electron chi connectivity index (χ1n) is 7.41. The highest BCUT2D eigenvalue weighted by Gasteiger charge is 2.06. The van der Waals surface area contributed by atoms with Crippen LogP contribution in [-0.2, 0) is 6.42 Å². The van der Waals surface area contributed by atoms with E-state index in [9.17, 15) is 4.79 Å². The zero-order valence-electron chi connectivity index (χ0n) is 12.5. The van der Waals surface area contributed by atoms with E-state index in [0.29, 0.717) is 12.1 Å². The number of carbonyl (C=O) groups excluding carboxylic acids is 1. The molecular weight excluding hydrogens is 272 g/mol. The van der Waals surface area contributed by atoms with E-state index in [1.165, 1.54) is 11.1 Å². The Bertz CT molecular complexity index is 794. The van der Waals surface area contributed by atoms with Crippen LogP contribution in [-0.4, -0.2) is 17.4 Å². The molecule has 1 heterocycles. The Balaban J connectivity index is 1.62. The van der Waals surface area contributed by atoms with Gasteiger partial charge in [0.1, 0.15) is 0 Å². The molecule has 0 aliphatic rings. The van der Waals surface area contributed by atoms with Crippen LogP contribution in [0.2, 0.25) is 0 Å². The summed E-state index contributed by atoms with van der Waals surface area (Å²) in [6.07, 6.45) is 2.59. The molecule has 1 aromatic heterocycles. The van der Waals surface area contributed by atoms with Crippen LogP contribution < -0.4 is 5.32 Å². The Hall–Kier alpha value is -2.68. The molecule has 0 fully saturated rings. The van der Waals surface area contributed by atoms with E-state index < -0.39 is 0 Å². The molecule has 0 saturated heterocycles. The average molecular weight is 290 g/mol. The van der Waals surface area contributed by atoms with E-state index in [4.69, 9.17) is 0 Å². The van der Waals surface area contributed by atoms with Crippen LogP contribution in [0.3, 0.4) is 0 Å². The third-order valence-electron chi connectivity index (χ3n) is 3.69. The molecule has 0 unspecified atom stereocenters. The van der Waals surface area contributed by atoms with Gasteiger partial charge in [0, 0.05) is 23.7 Å². The van der Waals surface area contributed by atoms with Crippen molar-refractivity contribution in [2.45, 2.75) is 13.3 Å². The molecule has 0 aliphatic carbocycles. The molecule has 1 amide bonds. The van der Waals surface area contributed by atoms with Gasteiger partial charge in [-0.2, -0.15) is 0 Å². The second-order valence-electron chi connectivity index (χ2n) is 5.40. The Morgan fingerprint density at radius 1 is 1.09 bits per heavy atom. The monoisotopic (exact) mass is 290 g/mol. The fraction of sp³-hybridized carbons (Fsp3) is 0.158. The van der Waals surface area contributed by atoms with Crippen molar-refractivity contribution < 1.29 is 4.79 Å². The van der Waals surface area contributed by atoms with Crippen molar-refractivity contribution in [3.8, 4) is 0 Å². The van der Waals surface area contributed by atoms with Crippen LogP contribution >= 0.6 is 0 Å². The van der Waals surface area contributed by atoms with E-state index in [0.717, 1.165) is 17.3 Å². The highest BCUT2D eigenvalue weighted by Crippen LogP contribution is 2.13. The first kappa shape index (κ1) is 14.3. The molecule has 22 heavy (non-hydrogen) atoms. The molecule has 0 bridgehead atoms. The minimum Gasteiger partial charge on any atom is -0.352 e. The summed E-state index contributed by atoms with van der Waals surface area (Å²) >= 11 is 0. The zero-order chi connectivity index (χ0) is 15.4. The number of nitrogens with one attached hydrogen (secondary N) is 1. The Morgan fingerprint density at radius 2 is 1.91 bits per heavy atom. The molecule has 110 valence electrons. The summed E-state index contributed by atoms with van der Waals surface area (Å²) in [5, 5.41) is 3.95. The molecule has 3 heteroatoms. The lowest BCUT2D eigenvalue weighted by Crippen LogP contribution is -2.25. The van der Waals surface area contributed by atoms with Crippen LogP contribution in [0.1, 0.15) is 21.5 Å². The van der Waals surface area contributed by atoms with Crippen molar-refractivity contribution in [1.29, 1.82) is 0 Å². The summed E-state index contributed by atoms with van der Waals surface area (Å²) in [5.74, 6) is -0.0436. The molecular formula is C19H18N2O. The van der Waals surface area contributed by atoms with E-state index in [1.54, 1.807) is 6.20 Å². The van der Waals surface area contributed by atoms with Gasteiger partial charge in [-0.05, 0) is 43.2 Å². The summed E-state index contributed by atoms with van der Waals surface area (Å²) in [4.78, 5) is 16.5. The molecule has 2 aromatic carbocycles. The number of benzene rings is 2. The molecule has 0 spiro atoms. The molecule has 0 saturated carbocycles. The molecule has 0 radical (unpaired) electrons. The maximum absolute atomic E-state index is 12.2. The van der Waals surface area contributed by atoms with Crippen LogP contribution in [0.25, 0.3) is 10.9 Å². The summed E-state index contributed by atoms with van der Waals surface area (Å²) < 4.78 is 0. The van der Waals surface area contributed by atoms with Gasteiger partial charge < -0.3 is 5.32 Å². The van der Waals surface area contributed by atoms with E-state index in [-0.39, 0.29) is 5.91 Å². The second-order valence-corrected chi connectivity index (χ2v) is 5.40. The van der Waals surface area contributed by atoms with Crippen molar-refractivity contribution in [3.05, 3.63) is 77.5 Å². The number of pyridine rings is 1. The third kappa shape index (κ3) is 3.31. The third-order valence-corrected chi connectivity index (χ3v) is 3.69. The van der Waals surface area contributed by atoms with Gasteiger partial charge in [-0.25, -0.2) is 0 Å². The number of amides is 1. The topological polar surface area (TPSA) is 42.0 Å². The van der Waals surface area contributed by atoms with Crippen molar-refractivity contribution in [2.24, 2.45) is 0 Å². The van der Waals surface area contributed by atoms with Crippen LogP contribution in [0.5, 0.6) is 0 Å².